The third-order valence-corrected chi connectivity index (χ3v) is 8.58. The Hall–Kier alpha value is -5.06. The first kappa shape index (κ1) is 22.9. The van der Waals surface area contributed by atoms with Crippen LogP contribution in [0.5, 0.6) is 0 Å². The largest absolute Gasteiger partial charge is 0.309 e. The van der Waals surface area contributed by atoms with Crippen LogP contribution in [0, 0.1) is 0 Å². The Bertz CT molecular complexity index is 2090. The van der Waals surface area contributed by atoms with Crippen LogP contribution in [0.1, 0.15) is 0 Å². The summed E-state index contributed by atoms with van der Waals surface area (Å²) in [5.41, 5.74) is 7.36. The summed E-state index contributed by atoms with van der Waals surface area (Å²) < 4.78 is 3.62. The van der Waals surface area contributed by atoms with Gasteiger partial charge in [-0.25, -0.2) is 9.97 Å². The Morgan fingerprint density at radius 2 is 1.15 bits per heavy atom. The minimum absolute atomic E-state index is 0.725. The van der Waals surface area contributed by atoms with Gasteiger partial charge >= 0.3 is 0 Å². The minimum Gasteiger partial charge on any atom is -0.309 e. The molecule has 3 nitrogen and oxygen atoms in total. The second kappa shape index (κ2) is 9.30. The van der Waals surface area contributed by atoms with Crippen LogP contribution < -0.4 is 0 Å². The molecule has 3 heterocycles. The van der Waals surface area contributed by atoms with Crippen molar-refractivity contribution in [2.45, 2.75) is 0 Å². The van der Waals surface area contributed by atoms with E-state index in [9.17, 15) is 0 Å². The van der Waals surface area contributed by atoms with Crippen molar-refractivity contribution in [3.63, 3.8) is 0 Å². The second-order valence-corrected chi connectivity index (χ2v) is 10.9. The lowest BCUT2D eigenvalue weighted by Crippen LogP contribution is -2.00. The highest BCUT2D eigenvalue weighted by Gasteiger charge is 2.18. The van der Waals surface area contributed by atoms with Crippen LogP contribution in [0.15, 0.2) is 140 Å². The van der Waals surface area contributed by atoms with Crippen LogP contribution in [-0.4, -0.2) is 14.5 Å². The van der Waals surface area contributed by atoms with E-state index < -0.39 is 0 Å². The van der Waals surface area contributed by atoms with E-state index in [1.54, 1.807) is 11.3 Å². The van der Waals surface area contributed by atoms with Crippen molar-refractivity contribution in [1.82, 2.24) is 14.5 Å². The lowest BCUT2D eigenvalue weighted by Gasteiger charge is -2.15. The molecule has 4 heteroatoms. The molecule has 0 saturated carbocycles. The van der Waals surface area contributed by atoms with Crippen LogP contribution in [0.25, 0.3) is 70.8 Å². The second-order valence-electron chi connectivity index (χ2n) is 9.86. The van der Waals surface area contributed by atoms with Crippen LogP contribution >= 0.6 is 11.3 Å². The number of benzene rings is 5. The summed E-state index contributed by atoms with van der Waals surface area (Å²) in [4.78, 5) is 11.4. The average Bonchev–Trinajstić information content (AvgIpc) is 3.61. The fourth-order valence-corrected chi connectivity index (χ4v) is 6.63. The SMILES string of the molecule is c1ccc(-c2nc(-c3cc4ccccc4s3)cc(-c3ccccc3-n3c4ccccc4c4ccccc43)n2)cc1. The number of hydrogen-bond donors (Lipinski definition) is 0. The highest BCUT2D eigenvalue weighted by Crippen LogP contribution is 2.38. The first-order valence-corrected chi connectivity index (χ1v) is 14.2. The number of fused-ring (bicyclic) bond motifs is 4. The molecule has 188 valence electrons. The van der Waals surface area contributed by atoms with E-state index in [-0.39, 0.29) is 0 Å². The molecule has 0 fully saturated rings. The quantitative estimate of drug-likeness (QED) is 0.227. The van der Waals surface area contributed by atoms with E-state index in [2.05, 4.69) is 126 Å². The highest BCUT2D eigenvalue weighted by atomic mass is 32.1. The fourth-order valence-electron chi connectivity index (χ4n) is 5.60. The Labute approximate surface area is 235 Å². The van der Waals surface area contributed by atoms with E-state index in [1.807, 2.05) is 18.2 Å². The maximum Gasteiger partial charge on any atom is 0.160 e. The molecule has 8 rings (SSSR count). The molecular formula is C36H23N3S. The molecule has 8 aromatic rings. The van der Waals surface area contributed by atoms with Gasteiger partial charge in [0, 0.05) is 26.6 Å². The molecule has 0 radical (unpaired) electrons. The third-order valence-electron chi connectivity index (χ3n) is 7.44. The first-order valence-electron chi connectivity index (χ1n) is 13.3. The molecule has 0 spiro atoms. The summed E-state index contributed by atoms with van der Waals surface area (Å²) in [6.07, 6.45) is 0. The normalized spacial score (nSPS) is 11.5. The number of para-hydroxylation sites is 3. The zero-order valence-corrected chi connectivity index (χ0v) is 22.3. The predicted molar refractivity (Wildman–Crippen MR) is 168 cm³/mol. The first-order chi connectivity index (χ1) is 19.8. The molecule has 0 saturated heterocycles. The van der Waals surface area contributed by atoms with E-state index in [4.69, 9.17) is 9.97 Å². The number of thiophene rings is 1. The summed E-state index contributed by atoms with van der Waals surface area (Å²) in [5, 5.41) is 3.72. The van der Waals surface area contributed by atoms with Crippen LogP contribution in [0.2, 0.25) is 0 Å². The van der Waals surface area contributed by atoms with Gasteiger partial charge in [0.1, 0.15) is 0 Å². The van der Waals surface area contributed by atoms with Gasteiger partial charge in [-0.1, -0.05) is 103 Å². The molecule has 0 bridgehead atoms. The number of rotatable bonds is 4. The minimum atomic E-state index is 0.725. The summed E-state index contributed by atoms with van der Waals surface area (Å²) in [5.74, 6) is 0.725. The molecule has 0 atom stereocenters. The number of hydrogen-bond acceptors (Lipinski definition) is 3. The van der Waals surface area contributed by atoms with Gasteiger partial charge in [-0.2, -0.15) is 0 Å². The standard InChI is InChI=1S/C36H23N3S/c1-2-12-24(13-3-1)36-37-29(23-30(38-36)35-22-25-14-4-11-21-34(25)40-35)28-17-7-10-20-33(28)39-31-18-8-5-15-26(31)27-16-6-9-19-32(27)39/h1-23H. The average molecular weight is 530 g/mol. The monoisotopic (exact) mass is 529 g/mol. The summed E-state index contributed by atoms with van der Waals surface area (Å²) in [7, 11) is 0. The molecule has 40 heavy (non-hydrogen) atoms. The van der Waals surface area contributed by atoms with Gasteiger partial charge in [0.15, 0.2) is 5.82 Å². The summed E-state index contributed by atoms with van der Waals surface area (Å²) in [6.45, 7) is 0. The van der Waals surface area contributed by atoms with E-state index in [1.165, 1.54) is 31.9 Å². The maximum atomic E-state index is 5.16. The molecular weight excluding hydrogens is 506 g/mol. The molecule has 0 unspecified atom stereocenters. The van der Waals surface area contributed by atoms with Crippen molar-refractivity contribution in [3.8, 4) is 38.9 Å². The molecule has 5 aromatic carbocycles. The lowest BCUT2D eigenvalue weighted by molar-refractivity contribution is 1.15. The molecule has 0 aliphatic carbocycles. The number of aromatic nitrogens is 3. The van der Waals surface area contributed by atoms with Crippen molar-refractivity contribution in [2.24, 2.45) is 0 Å². The summed E-state index contributed by atoms with van der Waals surface area (Å²) >= 11 is 1.77. The van der Waals surface area contributed by atoms with Crippen molar-refractivity contribution >= 4 is 43.2 Å². The molecule has 0 aliphatic heterocycles. The van der Waals surface area contributed by atoms with Crippen molar-refractivity contribution in [2.75, 3.05) is 0 Å². The van der Waals surface area contributed by atoms with Crippen LogP contribution in [-0.2, 0) is 0 Å². The van der Waals surface area contributed by atoms with Gasteiger partial charge in [0.2, 0.25) is 0 Å². The Kier molecular flexibility index (Phi) is 5.32. The third kappa shape index (κ3) is 3.73. The van der Waals surface area contributed by atoms with Crippen molar-refractivity contribution < 1.29 is 0 Å². The van der Waals surface area contributed by atoms with Gasteiger partial charge in [-0.05, 0) is 41.8 Å². The van der Waals surface area contributed by atoms with Crippen LogP contribution in [0.3, 0.4) is 0 Å². The van der Waals surface area contributed by atoms with E-state index >= 15 is 0 Å². The fraction of sp³-hybridized carbons (Fsp3) is 0. The zero-order chi connectivity index (χ0) is 26.5. The molecule has 3 aromatic heterocycles. The highest BCUT2D eigenvalue weighted by molar-refractivity contribution is 7.22. The summed E-state index contributed by atoms with van der Waals surface area (Å²) in [6, 6.07) is 48.9. The maximum absolute atomic E-state index is 5.16. The molecule has 0 aliphatic rings. The van der Waals surface area contributed by atoms with Crippen molar-refractivity contribution in [1.29, 1.82) is 0 Å². The zero-order valence-electron chi connectivity index (χ0n) is 21.5. The van der Waals surface area contributed by atoms with Gasteiger partial charge in [-0.3, -0.25) is 0 Å². The smallest absolute Gasteiger partial charge is 0.160 e. The van der Waals surface area contributed by atoms with Crippen molar-refractivity contribution in [3.05, 3.63) is 140 Å². The predicted octanol–water partition coefficient (Wildman–Crippen LogP) is 9.79. The van der Waals surface area contributed by atoms with E-state index in [0.29, 0.717) is 0 Å². The lowest BCUT2D eigenvalue weighted by atomic mass is 10.1. The Morgan fingerprint density at radius 1 is 0.525 bits per heavy atom. The van der Waals surface area contributed by atoms with E-state index in [0.717, 1.165) is 38.9 Å². The Balaban J connectivity index is 1.40. The van der Waals surface area contributed by atoms with Gasteiger partial charge in [0.05, 0.1) is 33.0 Å². The van der Waals surface area contributed by atoms with Gasteiger partial charge in [0.25, 0.3) is 0 Å². The topological polar surface area (TPSA) is 30.7 Å². The van der Waals surface area contributed by atoms with Crippen LogP contribution in [0.4, 0.5) is 0 Å². The van der Waals surface area contributed by atoms with Gasteiger partial charge < -0.3 is 4.57 Å². The number of nitrogens with zero attached hydrogens (tertiary/aromatic N) is 3. The van der Waals surface area contributed by atoms with Gasteiger partial charge in [-0.15, -0.1) is 11.3 Å². The Morgan fingerprint density at radius 3 is 1.93 bits per heavy atom. The molecule has 0 amide bonds. The molecule has 0 N–H and O–H groups in total.